The van der Waals surface area contributed by atoms with Crippen molar-refractivity contribution in [3.8, 4) is 17.0 Å². The lowest BCUT2D eigenvalue weighted by atomic mass is 9.85. The smallest absolute Gasteiger partial charge is 0.142 e. The number of rotatable bonds is 5. The van der Waals surface area contributed by atoms with Gasteiger partial charge in [-0.1, -0.05) is 42.0 Å². The SMILES string of the molecule is C=C(C)C1CC=C(Cn2c3ccccc3c3ccc(-c4ccc(OC)cc4)nc32)CC1. The summed E-state index contributed by atoms with van der Waals surface area (Å²) in [5.74, 6) is 1.48. The maximum absolute atomic E-state index is 5.30. The van der Waals surface area contributed by atoms with E-state index in [0.29, 0.717) is 5.92 Å². The van der Waals surface area contributed by atoms with Crippen LogP contribution in [0, 0.1) is 5.92 Å². The van der Waals surface area contributed by atoms with Gasteiger partial charge in [-0.3, -0.25) is 0 Å². The first-order valence-electron chi connectivity index (χ1n) is 11.0. The standard InChI is InChI=1S/C28H28N2O/c1-19(2)21-10-8-20(9-11-21)18-30-27-7-5-4-6-24(27)25-16-17-26(29-28(25)30)22-12-14-23(31-3)15-13-22/h4-8,12-17,21H,1,9-11,18H2,2-3H3. The largest absolute Gasteiger partial charge is 0.497 e. The molecule has 1 aliphatic carbocycles. The fraction of sp³-hybridized carbons (Fsp3) is 0.250. The summed E-state index contributed by atoms with van der Waals surface area (Å²) in [6, 6.07) is 21.1. The van der Waals surface area contributed by atoms with Crippen molar-refractivity contribution in [2.24, 2.45) is 5.92 Å². The molecule has 156 valence electrons. The number of allylic oxidation sites excluding steroid dienone is 3. The Morgan fingerprint density at radius 2 is 1.87 bits per heavy atom. The Balaban J connectivity index is 1.59. The van der Waals surface area contributed by atoms with Crippen LogP contribution in [0.4, 0.5) is 0 Å². The highest BCUT2D eigenvalue weighted by Crippen LogP contribution is 2.34. The van der Waals surface area contributed by atoms with Gasteiger partial charge in [0.15, 0.2) is 0 Å². The van der Waals surface area contributed by atoms with E-state index in [0.717, 1.165) is 42.0 Å². The summed E-state index contributed by atoms with van der Waals surface area (Å²) in [6.07, 6.45) is 5.86. The molecule has 2 aromatic carbocycles. The molecule has 0 radical (unpaired) electrons. The number of nitrogens with zero attached hydrogens (tertiary/aromatic N) is 2. The van der Waals surface area contributed by atoms with Crippen molar-refractivity contribution in [3.05, 3.63) is 84.5 Å². The Bertz CT molecular complexity index is 1290. The zero-order chi connectivity index (χ0) is 21.4. The van der Waals surface area contributed by atoms with Crippen LogP contribution in [0.2, 0.25) is 0 Å². The van der Waals surface area contributed by atoms with Gasteiger partial charge in [0.05, 0.1) is 18.3 Å². The molecule has 2 heterocycles. The van der Waals surface area contributed by atoms with Crippen molar-refractivity contribution < 1.29 is 4.74 Å². The first kappa shape index (κ1) is 19.6. The third kappa shape index (κ3) is 3.65. The second-order valence-electron chi connectivity index (χ2n) is 8.58. The van der Waals surface area contributed by atoms with E-state index in [-0.39, 0.29) is 0 Å². The Labute approximate surface area is 183 Å². The van der Waals surface area contributed by atoms with E-state index in [1.807, 2.05) is 12.1 Å². The summed E-state index contributed by atoms with van der Waals surface area (Å²) in [5.41, 5.74) is 7.19. The van der Waals surface area contributed by atoms with Crippen molar-refractivity contribution in [3.63, 3.8) is 0 Å². The minimum Gasteiger partial charge on any atom is -0.497 e. The summed E-state index contributed by atoms with van der Waals surface area (Å²) in [5, 5.41) is 2.48. The molecule has 0 amide bonds. The van der Waals surface area contributed by atoms with Gasteiger partial charge in [-0.2, -0.15) is 0 Å². The minimum absolute atomic E-state index is 0.627. The summed E-state index contributed by atoms with van der Waals surface area (Å²) in [6.45, 7) is 7.21. The van der Waals surface area contributed by atoms with E-state index in [4.69, 9.17) is 9.72 Å². The average Bonchev–Trinajstić information content (AvgIpc) is 3.12. The summed E-state index contributed by atoms with van der Waals surface area (Å²) in [7, 11) is 1.69. The molecule has 1 aliphatic rings. The molecule has 5 rings (SSSR count). The number of hydrogen-bond acceptors (Lipinski definition) is 2. The molecule has 0 saturated carbocycles. The molecule has 0 saturated heterocycles. The molecule has 1 atom stereocenters. The highest BCUT2D eigenvalue weighted by atomic mass is 16.5. The molecule has 2 aromatic heterocycles. The number of pyridine rings is 1. The van der Waals surface area contributed by atoms with Gasteiger partial charge >= 0.3 is 0 Å². The highest BCUT2D eigenvalue weighted by molar-refractivity contribution is 6.07. The molecular formula is C28H28N2O. The Morgan fingerprint density at radius 1 is 1.06 bits per heavy atom. The lowest BCUT2D eigenvalue weighted by Crippen LogP contribution is -2.10. The van der Waals surface area contributed by atoms with E-state index < -0.39 is 0 Å². The molecule has 4 aromatic rings. The van der Waals surface area contributed by atoms with Crippen LogP contribution in [0.25, 0.3) is 33.2 Å². The Morgan fingerprint density at radius 3 is 2.58 bits per heavy atom. The molecule has 0 bridgehead atoms. The van der Waals surface area contributed by atoms with Crippen LogP contribution >= 0.6 is 0 Å². The predicted octanol–water partition coefficient (Wildman–Crippen LogP) is 7.17. The molecule has 3 nitrogen and oxygen atoms in total. The van der Waals surface area contributed by atoms with Crippen LogP contribution in [-0.2, 0) is 6.54 Å². The maximum atomic E-state index is 5.30. The zero-order valence-electron chi connectivity index (χ0n) is 18.3. The Hall–Kier alpha value is -3.33. The van der Waals surface area contributed by atoms with E-state index in [1.54, 1.807) is 7.11 Å². The second-order valence-corrected chi connectivity index (χ2v) is 8.58. The number of fused-ring (bicyclic) bond motifs is 3. The quantitative estimate of drug-likeness (QED) is 0.327. The molecule has 0 N–H and O–H groups in total. The number of hydrogen-bond donors (Lipinski definition) is 0. The van der Waals surface area contributed by atoms with Gasteiger partial charge in [0.2, 0.25) is 0 Å². The molecule has 0 aliphatic heterocycles. The third-order valence-electron chi connectivity index (χ3n) is 6.56. The van der Waals surface area contributed by atoms with Crippen molar-refractivity contribution in [2.75, 3.05) is 7.11 Å². The lowest BCUT2D eigenvalue weighted by molar-refractivity contribution is 0.415. The van der Waals surface area contributed by atoms with Crippen molar-refractivity contribution in [1.29, 1.82) is 0 Å². The Kier molecular flexibility index (Phi) is 5.11. The number of aromatic nitrogens is 2. The molecule has 0 spiro atoms. The van der Waals surface area contributed by atoms with Gasteiger partial charge < -0.3 is 9.30 Å². The predicted molar refractivity (Wildman–Crippen MR) is 129 cm³/mol. The molecule has 0 fully saturated rings. The fourth-order valence-corrected chi connectivity index (χ4v) is 4.68. The van der Waals surface area contributed by atoms with E-state index in [9.17, 15) is 0 Å². The summed E-state index contributed by atoms with van der Waals surface area (Å²) < 4.78 is 7.70. The highest BCUT2D eigenvalue weighted by Gasteiger charge is 2.18. The van der Waals surface area contributed by atoms with Crippen LogP contribution in [0.5, 0.6) is 5.75 Å². The molecular weight excluding hydrogens is 380 g/mol. The first-order valence-corrected chi connectivity index (χ1v) is 11.0. The average molecular weight is 409 g/mol. The number of benzene rings is 2. The van der Waals surface area contributed by atoms with Crippen LogP contribution in [-0.4, -0.2) is 16.7 Å². The van der Waals surface area contributed by atoms with Gasteiger partial charge in [-0.15, -0.1) is 0 Å². The van der Waals surface area contributed by atoms with E-state index in [1.165, 1.54) is 33.9 Å². The van der Waals surface area contributed by atoms with Crippen molar-refractivity contribution in [1.82, 2.24) is 9.55 Å². The van der Waals surface area contributed by atoms with Crippen LogP contribution < -0.4 is 4.74 Å². The van der Waals surface area contributed by atoms with E-state index >= 15 is 0 Å². The molecule has 31 heavy (non-hydrogen) atoms. The van der Waals surface area contributed by atoms with Crippen LogP contribution in [0.15, 0.2) is 84.5 Å². The monoisotopic (exact) mass is 408 g/mol. The van der Waals surface area contributed by atoms with Gasteiger partial charge in [0.1, 0.15) is 11.4 Å². The van der Waals surface area contributed by atoms with Crippen LogP contribution in [0.3, 0.4) is 0 Å². The zero-order valence-corrected chi connectivity index (χ0v) is 18.3. The topological polar surface area (TPSA) is 27.1 Å². The van der Waals surface area contributed by atoms with Gasteiger partial charge in [-0.05, 0) is 74.6 Å². The fourth-order valence-electron chi connectivity index (χ4n) is 4.68. The normalized spacial score (nSPS) is 16.5. The van der Waals surface area contributed by atoms with Gasteiger partial charge in [0, 0.05) is 22.9 Å². The van der Waals surface area contributed by atoms with Gasteiger partial charge in [-0.25, -0.2) is 4.98 Å². The van der Waals surface area contributed by atoms with Crippen molar-refractivity contribution >= 4 is 21.9 Å². The van der Waals surface area contributed by atoms with Gasteiger partial charge in [0.25, 0.3) is 0 Å². The second kappa shape index (κ2) is 8.07. The summed E-state index contributed by atoms with van der Waals surface area (Å²) >= 11 is 0. The molecule has 3 heteroatoms. The number of ether oxygens (including phenoxy) is 1. The number of para-hydroxylation sites is 1. The lowest BCUT2D eigenvalue weighted by Gasteiger charge is -2.22. The van der Waals surface area contributed by atoms with E-state index in [2.05, 4.69) is 72.7 Å². The first-order chi connectivity index (χ1) is 15.1. The maximum Gasteiger partial charge on any atom is 0.142 e. The van der Waals surface area contributed by atoms with Crippen LogP contribution in [0.1, 0.15) is 26.2 Å². The summed E-state index contributed by atoms with van der Waals surface area (Å²) in [4.78, 5) is 5.13. The molecule has 1 unspecified atom stereocenters. The minimum atomic E-state index is 0.627. The number of methoxy groups -OCH3 is 1. The third-order valence-corrected chi connectivity index (χ3v) is 6.56. The van der Waals surface area contributed by atoms with Crippen molar-refractivity contribution in [2.45, 2.75) is 32.7 Å².